The molecule has 0 saturated carbocycles. The largest absolute Gasteiger partial charge is 0.378 e. The molecular weight excluding hydrogens is 324 g/mol. The van der Waals surface area contributed by atoms with E-state index in [0.717, 1.165) is 40.9 Å². The van der Waals surface area contributed by atoms with E-state index in [1.165, 1.54) is 0 Å². The average molecular weight is 348 g/mol. The molecule has 6 heteroatoms. The zero-order chi connectivity index (χ0) is 18.4. The van der Waals surface area contributed by atoms with Crippen molar-refractivity contribution in [3.8, 4) is 0 Å². The molecule has 0 bridgehead atoms. The van der Waals surface area contributed by atoms with Crippen LogP contribution in [0.5, 0.6) is 0 Å². The molecule has 0 heterocycles. The standard InChI is InChI=1S/C19H23F2N3O/c1-4-24(12-14-5-8-16(9-6-14)23(2)3)13-19(25)22-18-11-15(20)7-10-17(18)21/h5-11H,4,12-13H2,1-3H3,(H,22,25)/p+1. The van der Waals surface area contributed by atoms with Gasteiger partial charge in [-0.05, 0) is 31.2 Å². The van der Waals surface area contributed by atoms with Crippen LogP contribution in [-0.2, 0) is 11.3 Å². The van der Waals surface area contributed by atoms with Crippen molar-refractivity contribution >= 4 is 17.3 Å². The van der Waals surface area contributed by atoms with E-state index >= 15 is 0 Å². The molecule has 2 N–H and O–H groups in total. The molecule has 134 valence electrons. The number of nitrogens with one attached hydrogen (secondary N) is 2. The summed E-state index contributed by atoms with van der Waals surface area (Å²) in [6, 6.07) is 11.1. The van der Waals surface area contributed by atoms with Crippen LogP contribution in [0.25, 0.3) is 0 Å². The van der Waals surface area contributed by atoms with Gasteiger partial charge in [-0.2, -0.15) is 0 Å². The lowest BCUT2D eigenvalue weighted by Crippen LogP contribution is -3.11. The van der Waals surface area contributed by atoms with Crippen molar-refractivity contribution in [1.82, 2.24) is 0 Å². The highest BCUT2D eigenvalue weighted by molar-refractivity contribution is 5.91. The smallest absolute Gasteiger partial charge is 0.279 e. The van der Waals surface area contributed by atoms with Gasteiger partial charge in [-0.3, -0.25) is 4.79 Å². The summed E-state index contributed by atoms with van der Waals surface area (Å²) >= 11 is 0. The Morgan fingerprint density at radius 1 is 1.12 bits per heavy atom. The molecule has 0 radical (unpaired) electrons. The van der Waals surface area contributed by atoms with Crippen LogP contribution in [-0.4, -0.2) is 33.1 Å². The number of carbonyl (C=O) groups is 1. The lowest BCUT2D eigenvalue weighted by molar-refractivity contribution is -0.903. The second-order valence-electron chi connectivity index (χ2n) is 6.19. The predicted octanol–water partition coefficient (Wildman–Crippen LogP) is 2.07. The van der Waals surface area contributed by atoms with Gasteiger partial charge in [-0.25, -0.2) is 8.78 Å². The average Bonchev–Trinajstić information content (AvgIpc) is 2.58. The molecule has 1 unspecified atom stereocenters. The number of quaternary nitrogens is 1. The van der Waals surface area contributed by atoms with Crippen LogP contribution in [0.4, 0.5) is 20.2 Å². The topological polar surface area (TPSA) is 36.8 Å². The Hall–Kier alpha value is -2.47. The van der Waals surface area contributed by atoms with E-state index in [4.69, 9.17) is 0 Å². The third-order valence-electron chi connectivity index (χ3n) is 4.02. The van der Waals surface area contributed by atoms with E-state index in [1.807, 2.05) is 50.2 Å². The Bertz CT molecular complexity index is 717. The summed E-state index contributed by atoms with van der Waals surface area (Å²) < 4.78 is 26.8. The monoisotopic (exact) mass is 348 g/mol. The first kappa shape index (κ1) is 18.9. The highest BCUT2D eigenvalue weighted by atomic mass is 19.1. The second kappa shape index (κ2) is 8.58. The predicted molar refractivity (Wildman–Crippen MR) is 95.8 cm³/mol. The molecule has 25 heavy (non-hydrogen) atoms. The maximum absolute atomic E-state index is 13.6. The molecule has 0 aliphatic carbocycles. The summed E-state index contributed by atoms with van der Waals surface area (Å²) in [6.07, 6.45) is 0. The summed E-state index contributed by atoms with van der Waals surface area (Å²) in [5, 5.41) is 2.44. The van der Waals surface area contributed by atoms with Gasteiger partial charge in [0, 0.05) is 31.4 Å². The molecule has 2 aromatic carbocycles. The number of benzene rings is 2. The number of hydrogen-bond acceptors (Lipinski definition) is 2. The molecule has 0 fully saturated rings. The Labute approximate surface area is 147 Å². The molecule has 0 saturated heterocycles. The highest BCUT2D eigenvalue weighted by Crippen LogP contribution is 2.15. The highest BCUT2D eigenvalue weighted by Gasteiger charge is 2.15. The van der Waals surface area contributed by atoms with E-state index in [1.54, 1.807) is 0 Å². The van der Waals surface area contributed by atoms with E-state index in [0.29, 0.717) is 6.54 Å². The number of carbonyl (C=O) groups excluding carboxylic acids is 1. The Morgan fingerprint density at radius 2 is 1.80 bits per heavy atom. The minimum atomic E-state index is -0.646. The van der Waals surface area contributed by atoms with Crippen LogP contribution in [0, 0.1) is 11.6 Å². The van der Waals surface area contributed by atoms with Crippen molar-refractivity contribution in [2.75, 3.05) is 37.4 Å². The van der Waals surface area contributed by atoms with Crippen LogP contribution < -0.4 is 15.1 Å². The number of hydrogen-bond donors (Lipinski definition) is 2. The van der Waals surface area contributed by atoms with Gasteiger partial charge < -0.3 is 15.1 Å². The van der Waals surface area contributed by atoms with Crippen molar-refractivity contribution in [2.45, 2.75) is 13.5 Å². The third-order valence-corrected chi connectivity index (χ3v) is 4.02. The molecular formula is C19H24F2N3O+. The van der Waals surface area contributed by atoms with Gasteiger partial charge in [0.25, 0.3) is 5.91 Å². The number of nitrogens with zero attached hydrogens (tertiary/aromatic N) is 1. The van der Waals surface area contributed by atoms with Gasteiger partial charge in [-0.1, -0.05) is 12.1 Å². The van der Waals surface area contributed by atoms with Gasteiger partial charge in [0.2, 0.25) is 0 Å². The zero-order valence-corrected chi connectivity index (χ0v) is 14.8. The first-order chi connectivity index (χ1) is 11.9. The lowest BCUT2D eigenvalue weighted by Gasteiger charge is -2.18. The maximum Gasteiger partial charge on any atom is 0.279 e. The van der Waals surface area contributed by atoms with Crippen molar-refractivity contribution in [1.29, 1.82) is 0 Å². The third kappa shape index (κ3) is 5.53. The first-order valence-electron chi connectivity index (χ1n) is 8.23. The van der Waals surface area contributed by atoms with Gasteiger partial charge in [0.15, 0.2) is 6.54 Å². The van der Waals surface area contributed by atoms with Crippen LogP contribution in [0.3, 0.4) is 0 Å². The Balaban J connectivity index is 1.96. The molecule has 0 aliphatic rings. The van der Waals surface area contributed by atoms with Crippen LogP contribution in [0.1, 0.15) is 12.5 Å². The Kier molecular flexibility index (Phi) is 6.47. The van der Waals surface area contributed by atoms with Crippen molar-refractivity contribution in [2.24, 2.45) is 0 Å². The number of likely N-dealkylation sites (N-methyl/N-ethyl adjacent to an activating group) is 1. The lowest BCUT2D eigenvalue weighted by atomic mass is 10.2. The maximum atomic E-state index is 13.6. The van der Waals surface area contributed by atoms with Gasteiger partial charge in [0.1, 0.15) is 18.2 Å². The van der Waals surface area contributed by atoms with Crippen molar-refractivity contribution < 1.29 is 18.5 Å². The van der Waals surface area contributed by atoms with Crippen LogP contribution >= 0.6 is 0 Å². The normalized spacial score (nSPS) is 11.9. The summed E-state index contributed by atoms with van der Waals surface area (Å²) in [6.45, 7) is 3.60. The SMILES string of the molecule is CC[NH+](CC(=O)Nc1cc(F)ccc1F)Cc1ccc(N(C)C)cc1. The molecule has 1 atom stereocenters. The quantitative estimate of drug-likeness (QED) is 0.804. The number of rotatable bonds is 7. The van der Waals surface area contributed by atoms with Crippen molar-refractivity contribution in [3.63, 3.8) is 0 Å². The number of anilines is 2. The van der Waals surface area contributed by atoms with Crippen molar-refractivity contribution in [3.05, 3.63) is 59.7 Å². The molecule has 2 aromatic rings. The summed E-state index contributed by atoms with van der Waals surface area (Å²) in [5.41, 5.74) is 2.10. The molecule has 1 amide bonds. The molecule has 4 nitrogen and oxygen atoms in total. The fraction of sp³-hybridized carbons (Fsp3) is 0.316. The number of amides is 1. The van der Waals surface area contributed by atoms with Gasteiger partial charge in [0.05, 0.1) is 12.2 Å². The first-order valence-corrected chi connectivity index (χ1v) is 8.23. The zero-order valence-electron chi connectivity index (χ0n) is 14.8. The minimum Gasteiger partial charge on any atom is -0.378 e. The van der Waals surface area contributed by atoms with E-state index in [-0.39, 0.29) is 18.1 Å². The molecule has 0 aromatic heterocycles. The van der Waals surface area contributed by atoms with E-state index in [9.17, 15) is 13.6 Å². The van der Waals surface area contributed by atoms with E-state index in [2.05, 4.69) is 5.32 Å². The summed E-state index contributed by atoms with van der Waals surface area (Å²) in [5.74, 6) is -1.57. The molecule has 0 aliphatic heterocycles. The Morgan fingerprint density at radius 3 is 2.40 bits per heavy atom. The summed E-state index contributed by atoms with van der Waals surface area (Å²) in [7, 11) is 3.96. The van der Waals surface area contributed by atoms with Gasteiger partial charge in [-0.15, -0.1) is 0 Å². The minimum absolute atomic E-state index is 0.129. The van der Waals surface area contributed by atoms with E-state index < -0.39 is 11.6 Å². The van der Waals surface area contributed by atoms with Crippen LogP contribution in [0.2, 0.25) is 0 Å². The molecule has 0 spiro atoms. The number of halogens is 2. The summed E-state index contributed by atoms with van der Waals surface area (Å²) in [4.78, 5) is 15.2. The van der Waals surface area contributed by atoms with Gasteiger partial charge >= 0.3 is 0 Å². The fourth-order valence-electron chi connectivity index (χ4n) is 2.53. The fourth-order valence-corrected chi connectivity index (χ4v) is 2.53. The van der Waals surface area contributed by atoms with Crippen LogP contribution in [0.15, 0.2) is 42.5 Å². The molecule has 2 rings (SSSR count). The second-order valence-corrected chi connectivity index (χ2v) is 6.19.